The Hall–Kier alpha value is -1.26. The third-order valence-corrected chi connectivity index (χ3v) is 3.49. The van der Waals surface area contributed by atoms with Crippen LogP contribution in [0.5, 0.6) is 5.75 Å². The molecule has 1 unspecified atom stereocenters. The largest absolute Gasteiger partial charge is 0.497 e. The summed E-state index contributed by atoms with van der Waals surface area (Å²) in [5.41, 5.74) is 6.32. The molecule has 1 rings (SSSR count). The summed E-state index contributed by atoms with van der Waals surface area (Å²) in [6.45, 7) is 5.79. The number of carbonyl (C=O) groups excluding carboxylic acids is 1. The Morgan fingerprint density at radius 1 is 1.45 bits per heavy atom. The van der Waals surface area contributed by atoms with Crippen LogP contribution in [0, 0.1) is 5.41 Å². The van der Waals surface area contributed by atoms with Crippen molar-refractivity contribution in [3.05, 3.63) is 28.8 Å². The van der Waals surface area contributed by atoms with Gasteiger partial charge in [-0.15, -0.1) is 0 Å². The van der Waals surface area contributed by atoms with E-state index < -0.39 is 5.41 Å². The van der Waals surface area contributed by atoms with Crippen LogP contribution in [0.4, 0.5) is 0 Å². The van der Waals surface area contributed by atoms with Crippen molar-refractivity contribution in [2.75, 3.05) is 13.7 Å². The topological polar surface area (TPSA) is 61.5 Å². The molecular formula is C15H22ClNO3. The lowest BCUT2D eigenvalue weighted by atomic mass is 9.84. The van der Waals surface area contributed by atoms with Gasteiger partial charge < -0.3 is 15.2 Å². The number of benzene rings is 1. The highest BCUT2D eigenvalue weighted by Crippen LogP contribution is 2.34. The van der Waals surface area contributed by atoms with E-state index in [1.165, 1.54) is 0 Å². The molecule has 0 amide bonds. The monoisotopic (exact) mass is 299 g/mol. The van der Waals surface area contributed by atoms with Crippen molar-refractivity contribution in [1.82, 2.24) is 0 Å². The van der Waals surface area contributed by atoms with E-state index in [1.807, 2.05) is 19.9 Å². The van der Waals surface area contributed by atoms with Crippen LogP contribution in [0.25, 0.3) is 0 Å². The molecule has 2 N–H and O–H groups in total. The third kappa shape index (κ3) is 4.12. The maximum Gasteiger partial charge on any atom is 0.311 e. The summed E-state index contributed by atoms with van der Waals surface area (Å²) >= 11 is 6.20. The van der Waals surface area contributed by atoms with Crippen LogP contribution in [0.2, 0.25) is 5.02 Å². The molecule has 1 aromatic rings. The first-order chi connectivity index (χ1) is 9.31. The number of halogens is 1. The Labute approximate surface area is 125 Å². The van der Waals surface area contributed by atoms with Gasteiger partial charge in [0.15, 0.2) is 0 Å². The van der Waals surface area contributed by atoms with E-state index >= 15 is 0 Å². The minimum Gasteiger partial charge on any atom is -0.497 e. The summed E-state index contributed by atoms with van der Waals surface area (Å²) in [5.74, 6) is 0.427. The molecule has 0 fully saturated rings. The smallest absolute Gasteiger partial charge is 0.311 e. The molecule has 0 aliphatic heterocycles. The molecule has 0 saturated carbocycles. The molecule has 1 atom stereocenters. The van der Waals surface area contributed by atoms with Crippen molar-refractivity contribution in [1.29, 1.82) is 0 Å². The summed E-state index contributed by atoms with van der Waals surface area (Å²) in [6, 6.07) is 5.01. The summed E-state index contributed by atoms with van der Waals surface area (Å²) < 4.78 is 10.2. The van der Waals surface area contributed by atoms with Gasteiger partial charge >= 0.3 is 5.97 Å². The fourth-order valence-electron chi connectivity index (χ4n) is 2.01. The second-order valence-electron chi connectivity index (χ2n) is 5.30. The van der Waals surface area contributed by atoms with E-state index in [0.717, 1.165) is 5.56 Å². The predicted molar refractivity (Wildman–Crippen MR) is 80.0 cm³/mol. The number of hydrogen-bond acceptors (Lipinski definition) is 4. The number of rotatable bonds is 6. The first kappa shape index (κ1) is 16.8. The first-order valence-electron chi connectivity index (χ1n) is 6.58. The van der Waals surface area contributed by atoms with Crippen LogP contribution in [0.3, 0.4) is 0 Å². The third-order valence-electron chi connectivity index (χ3n) is 3.17. The number of methoxy groups -OCH3 is 1. The van der Waals surface area contributed by atoms with E-state index in [1.54, 1.807) is 26.2 Å². The van der Waals surface area contributed by atoms with Gasteiger partial charge in [-0.3, -0.25) is 4.79 Å². The number of carbonyl (C=O) groups is 1. The average Bonchev–Trinajstić information content (AvgIpc) is 2.38. The van der Waals surface area contributed by atoms with Crippen LogP contribution in [0.1, 0.15) is 38.8 Å². The molecule has 4 nitrogen and oxygen atoms in total. The second-order valence-corrected chi connectivity index (χ2v) is 5.71. The minimum absolute atomic E-state index is 0.250. The van der Waals surface area contributed by atoms with Crippen molar-refractivity contribution >= 4 is 17.6 Å². The van der Waals surface area contributed by atoms with Gasteiger partial charge in [0, 0.05) is 11.1 Å². The Morgan fingerprint density at radius 3 is 2.60 bits per heavy atom. The van der Waals surface area contributed by atoms with Gasteiger partial charge in [-0.25, -0.2) is 0 Å². The molecule has 0 spiro atoms. The van der Waals surface area contributed by atoms with Gasteiger partial charge in [-0.1, -0.05) is 17.7 Å². The summed E-state index contributed by atoms with van der Waals surface area (Å²) in [6.07, 6.45) is 0.456. The molecule has 0 aromatic heterocycles. The lowest BCUT2D eigenvalue weighted by Crippen LogP contribution is -2.31. The van der Waals surface area contributed by atoms with Gasteiger partial charge in [0.25, 0.3) is 0 Å². The number of nitrogens with two attached hydrogens (primary N) is 1. The van der Waals surface area contributed by atoms with Crippen LogP contribution >= 0.6 is 11.6 Å². The van der Waals surface area contributed by atoms with E-state index in [0.29, 0.717) is 23.8 Å². The molecule has 0 aliphatic rings. The zero-order valence-corrected chi connectivity index (χ0v) is 13.2. The first-order valence-corrected chi connectivity index (χ1v) is 6.96. The summed E-state index contributed by atoms with van der Waals surface area (Å²) in [4.78, 5) is 11.9. The van der Waals surface area contributed by atoms with Crippen molar-refractivity contribution in [3.8, 4) is 5.75 Å². The number of ether oxygens (including phenoxy) is 2. The van der Waals surface area contributed by atoms with E-state index in [4.69, 9.17) is 26.8 Å². The summed E-state index contributed by atoms with van der Waals surface area (Å²) in [7, 11) is 1.58. The minimum atomic E-state index is -0.654. The summed E-state index contributed by atoms with van der Waals surface area (Å²) in [5, 5.41) is 0.538. The highest BCUT2D eigenvalue weighted by atomic mass is 35.5. The highest BCUT2D eigenvalue weighted by Gasteiger charge is 2.32. The van der Waals surface area contributed by atoms with Crippen LogP contribution in [-0.2, 0) is 9.53 Å². The molecule has 5 heteroatoms. The van der Waals surface area contributed by atoms with Crippen LogP contribution in [0.15, 0.2) is 18.2 Å². The van der Waals surface area contributed by atoms with E-state index in [9.17, 15) is 4.79 Å². The van der Waals surface area contributed by atoms with Crippen molar-refractivity contribution in [2.45, 2.75) is 33.2 Å². The zero-order valence-electron chi connectivity index (χ0n) is 12.4. The highest BCUT2D eigenvalue weighted by molar-refractivity contribution is 6.31. The fraction of sp³-hybridized carbons (Fsp3) is 0.533. The van der Waals surface area contributed by atoms with Crippen molar-refractivity contribution < 1.29 is 14.3 Å². The predicted octanol–water partition coefficient (Wildman–Crippen LogP) is 3.33. The molecule has 0 saturated heterocycles. The van der Waals surface area contributed by atoms with Crippen LogP contribution < -0.4 is 10.5 Å². The average molecular weight is 300 g/mol. The van der Waals surface area contributed by atoms with E-state index in [-0.39, 0.29) is 12.0 Å². The maximum atomic E-state index is 11.9. The van der Waals surface area contributed by atoms with Gasteiger partial charge in [-0.2, -0.15) is 0 Å². The molecule has 1 aromatic carbocycles. The van der Waals surface area contributed by atoms with Gasteiger partial charge in [0.1, 0.15) is 5.75 Å². The van der Waals surface area contributed by atoms with Gasteiger partial charge in [0.05, 0.1) is 19.1 Å². The molecule has 20 heavy (non-hydrogen) atoms. The molecule has 0 bridgehead atoms. The Bertz CT molecular complexity index is 474. The molecule has 0 aliphatic carbocycles. The van der Waals surface area contributed by atoms with Gasteiger partial charge in [-0.05, 0) is 44.9 Å². The van der Waals surface area contributed by atoms with Crippen LogP contribution in [-0.4, -0.2) is 19.7 Å². The molecule has 0 heterocycles. The maximum absolute atomic E-state index is 11.9. The fourth-order valence-corrected chi connectivity index (χ4v) is 2.32. The van der Waals surface area contributed by atoms with E-state index in [2.05, 4.69) is 0 Å². The SMILES string of the molecule is CCOC(=O)C(C)(C)CC(N)c1ccc(OC)cc1Cl. The molecular weight excluding hydrogens is 278 g/mol. The molecule has 0 radical (unpaired) electrons. The Balaban J connectivity index is 2.85. The Morgan fingerprint density at radius 2 is 2.10 bits per heavy atom. The normalized spacial score (nSPS) is 12.9. The van der Waals surface area contributed by atoms with Crippen molar-refractivity contribution in [2.24, 2.45) is 11.1 Å². The second kappa shape index (κ2) is 6.95. The molecule has 112 valence electrons. The quantitative estimate of drug-likeness (QED) is 0.819. The van der Waals surface area contributed by atoms with Gasteiger partial charge in [0.2, 0.25) is 0 Å². The van der Waals surface area contributed by atoms with Crippen molar-refractivity contribution in [3.63, 3.8) is 0 Å². The number of esters is 1. The zero-order chi connectivity index (χ0) is 15.3. The lowest BCUT2D eigenvalue weighted by molar-refractivity contribution is -0.154. The standard InChI is InChI=1S/C15H22ClNO3/c1-5-20-14(18)15(2,3)9-13(17)11-7-6-10(19-4)8-12(11)16/h6-8,13H,5,9,17H2,1-4H3. The number of hydrogen-bond donors (Lipinski definition) is 1. The Kier molecular flexibility index (Phi) is 5.84. The lowest BCUT2D eigenvalue weighted by Gasteiger charge is -2.26.